The number of aliphatic hydroxyl groups is 1. The van der Waals surface area contributed by atoms with Crippen LogP contribution in [-0.2, 0) is 17.9 Å². The van der Waals surface area contributed by atoms with Gasteiger partial charge >= 0.3 is 0 Å². The minimum atomic E-state index is 0.103. The highest BCUT2D eigenvalue weighted by atomic mass is 16.3. The number of aromatic nitrogens is 2. The zero-order chi connectivity index (χ0) is 18.8. The highest BCUT2D eigenvalue weighted by Crippen LogP contribution is 2.36. The van der Waals surface area contributed by atoms with Crippen LogP contribution in [0.5, 0.6) is 0 Å². The van der Waals surface area contributed by atoms with Gasteiger partial charge in [0, 0.05) is 33.1 Å². The number of fused-ring (bicyclic) bond motifs is 1. The summed E-state index contributed by atoms with van der Waals surface area (Å²) < 4.78 is 2.24. The van der Waals surface area contributed by atoms with Crippen LogP contribution >= 0.6 is 0 Å². The fourth-order valence-corrected chi connectivity index (χ4v) is 3.98. The van der Waals surface area contributed by atoms with Gasteiger partial charge in [-0.3, -0.25) is 4.79 Å². The molecular weight excluding hydrogens is 328 g/mol. The maximum Gasteiger partial charge on any atom is 0.219 e. The number of nitrogens with zero attached hydrogens (tertiary/aromatic N) is 4. The molecule has 0 saturated carbocycles. The first-order valence-electron chi connectivity index (χ1n) is 9.54. The van der Waals surface area contributed by atoms with Crippen LogP contribution in [-0.4, -0.2) is 51.7 Å². The largest absolute Gasteiger partial charge is 0.395 e. The van der Waals surface area contributed by atoms with E-state index in [1.165, 1.54) is 11.1 Å². The minimum absolute atomic E-state index is 0.103. The van der Waals surface area contributed by atoms with Crippen LogP contribution in [0.25, 0.3) is 5.57 Å². The molecule has 0 aromatic carbocycles. The van der Waals surface area contributed by atoms with Gasteiger partial charge in [-0.15, -0.1) is 0 Å². The van der Waals surface area contributed by atoms with Gasteiger partial charge < -0.3 is 19.5 Å². The second-order valence-electron chi connectivity index (χ2n) is 7.34. The van der Waals surface area contributed by atoms with Crippen molar-refractivity contribution in [1.82, 2.24) is 14.5 Å². The molecule has 2 heterocycles. The summed E-state index contributed by atoms with van der Waals surface area (Å²) in [6, 6.07) is 0. The third kappa shape index (κ3) is 3.43. The van der Waals surface area contributed by atoms with Crippen molar-refractivity contribution in [3.05, 3.63) is 29.1 Å². The smallest absolute Gasteiger partial charge is 0.219 e. The Balaban J connectivity index is 2.09. The van der Waals surface area contributed by atoms with E-state index in [9.17, 15) is 9.90 Å². The van der Waals surface area contributed by atoms with Gasteiger partial charge in [0.25, 0.3) is 0 Å². The Morgan fingerprint density at radius 3 is 2.77 bits per heavy atom. The van der Waals surface area contributed by atoms with Gasteiger partial charge in [0.05, 0.1) is 24.5 Å². The average molecular weight is 358 g/mol. The molecule has 1 aromatic heterocycles. The number of allylic oxidation sites excluding steroid dienone is 4. The van der Waals surface area contributed by atoms with Crippen molar-refractivity contribution in [3.8, 4) is 0 Å². The zero-order valence-electron chi connectivity index (χ0n) is 16.3. The van der Waals surface area contributed by atoms with E-state index in [2.05, 4.69) is 42.4 Å². The highest BCUT2D eigenvalue weighted by Gasteiger charge is 2.30. The van der Waals surface area contributed by atoms with E-state index in [0.717, 1.165) is 36.8 Å². The van der Waals surface area contributed by atoms with Crippen LogP contribution in [0.1, 0.15) is 45.5 Å². The molecule has 1 atom stereocenters. The van der Waals surface area contributed by atoms with Gasteiger partial charge in [-0.2, -0.15) is 0 Å². The van der Waals surface area contributed by atoms with E-state index in [-0.39, 0.29) is 12.5 Å². The van der Waals surface area contributed by atoms with E-state index in [1.807, 2.05) is 4.90 Å². The predicted octanol–water partition coefficient (Wildman–Crippen LogP) is 2.43. The third-order valence-corrected chi connectivity index (χ3v) is 5.45. The number of carbonyl (C=O) groups excluding carboxylic acids is 1. The number of anilines is 1. The lowest BCUT2D eigenvalue weighted by Crippen LogP contribution is -2.38. The fourth-order valence-electron chi connectivity index (χ4n) is 3.98. The lowest BCUT2D eigenvalue weighted by atomic mass is 9.86. The number of carbonyl (C=O) groups is 1. The second-order valence-corrected chi connectivity index (χ2v) is 7.34. The van der Waals surface area contributed by atoms with E-state index < -0.39 is 0 Å². The first-order valence-corrected chi connectivity index (χ1v) is 9.54. The number of rotatable bonds is 5. The number of aliphatic hydroxyl groups excluding tert-OH is 1. The van der Waals surface area contributed by atoms with Gasteiger partial charge in [0.2, 0.25) is 11.9 Å². The Hall–Kier alpha value is -2.08. The molecule has 0 bridgehead atoms. The first-order chi connectivity index (χ1) is 12.5. The van der Waals surface area contributed by atoms with Gasteiger partial charge in [-0.05, 0) is 31.8 Å². The van der Waals surface area contributed by atoms with Crippen molar-refractivity contribution in [2.75, 3.05) is 31.1 Å². The molecule has 6 heteroatoms. The van der Waals surface area contributed by atoms with Crippen molar-refractivity contribution in [3.63, 3.8) is 0 Å². The number of likely N-dealkylation sites (N-methyl/N-ethyl adjacent to an activating group) is 1. The molecule has 0 spiro atoms. The zero-order valence-corrected chi connectivity index (χ0v) is 16.3. The molecule has 0 radical (unpaired) electrons. The van der Waals surface area contributed by atoms with Crippen molar-refractivity contribution >= 4 is 17.4 Å². The van der Waals surface area contributed by atoms with Crippen LogP contribution < -0.4 is 4.90 Å². The maximum atomic E-state index is 11.9. The van der Waals surface area contributed by atoms with Crippen molar-refractivity contribution in [2.45, 2.75) is 47.2 Å². The standard InChI is InChI=1S/C20H30N4O2/c1-5-22(10-11-25)20-21-19(17-7-6-14(2)12-15(17)3)18-13-23(16(4)26)8-9-24(18)20/h6-7,15,25H,5,8-13H2,1-4H3. The summed E-state index contributed by atoms with van der Waals surface area (Å²) in [4.78, 5) is 21.0. The molecule has 1 unspecified atom stereocenters. The Morgan fingerprint density at radius 1 is 1.38 bits per heavy atom. The molecule has 2 aliphatic rings. The molecule has 3 rings (SSSR count). The average Bonchev–Trinajstić information content (AvgIpc) is 2.98. The Labute approximate surface area is 155 Å². The summed E-state index contributed by atoms with van der Waals surface area (Å²) in [5.74, 6) is 1.43. The quantitative estimate of drug-likeness (QED) is 0.878. The van der Waals surface area contributed by atoms with Crippen molar-refractivity contribution in [2.24, 2.45) is 5.92 Å². The normalized spacial score (nSPS) is 19.7. The molecule has 142 valence electrons. The molecule has 26 heavy (non-hydrogen) atoms. The number of imidazole rings is 1. The second kappa shape index (κ2) is 7.66. The summed E-state index contributed by atoms with van der Waals surface area (Å²) in [6.45, 7) is 11.6. The molecule has 1 aliphatic heterocycles. The van der Waals surface area contributed by atoms with Crippen LogP contribution in [0.3, 0.4) is 0 Å². The maximum absolute atomic E-state index is 11.9. The predicted molar refractivity (Wildman–Crippen MR) is 104 cm³/mol. The summed E-state index contributed by atoms with van der Waals surface area (Å²) in [7, 11) is 0. The highest BCUT2D eigenvalue weighted by molar-refractivity contribution is 5.75. The van der Waals surface area contributed by atoms with Gasteiger partial charge in [-0.1, -0.05) is 24.6 Å². The Morgan fingerprint density at radius 2 is 2.15 bits per heavy atom. The lowest BCUT2D eigenvalue weighted by Gasteiger charge is -2.31. The number of hydrogen-bond donors (Lipinski definition) is 1. The third-order valence-electron chi connectivity index (χ3n) is 5.45. The van der Waals surface area contributed by atoms with Crippen molar-refractivity contribution in [1.29, 1.82) is 0 Å². The molecule has 1 amide bonds. The van der Waals surface area contributed by atoms with Crippen LogP contribution in [0.2, 0.25) is 0 Å². The topological polar surface area (TPSA) is 61.6 Å². The monoisotopic (exact) mass is 358 g/mol. The summed E-state index contributed by atoms with van der Waals surface area (Å²) in [5, 5.41) is 9.42. The van der Waals surface area contributed by atoms with E-state index in [0.29, 0.717) is 25.6 Å². The van der Waals surface area contributed by atoms with Crippen LogP contribution in [0.15, 0.2) is 17.7 Å². The van der Waals surface area contributed by atoms with Crippen LogP contribution in [0, 0.1) is 5.92 Å². The molecule has 6 nitrogen and oxygen atoms in total. The van der Waals surface area contributed by atoms with Gasteiger partial charge in [0.15, 0.2) is 0 Å². The molecule has 0 saturated heterocycles. The van der Waals surface area contributed by atoms with E-state index in [4.69, 9.17) is 4.98 Å². The SMILES string of the molecule is CCN(CCO)c1nc(C2=CC=C(C)CC2C)c2n1CCN(C(C)=O)C2. The van der Waals surface area contributed by atoms with Gasteiger partial charge in [0.1, 0.15) is 0 Å². The lowest BCUT2D eigenvalue weighted by molar-refractivity contribution is -0.130. The molecule has 1 aromatic rings. The summed E-state index contributed by atoms with van der Waals surface area (Å²) >= 11 is 0. The summed E-state index contributed by atoms with van der Waals surface area (Å²) in [5.41, 5.74) is 4.76. The number of amides is 1. The fraction of sp³-hybridized carbons (Fsp3) is 0.600. The molecule has 1 N–H and O–H groups in total. The Bertz CT molecular complexity index is 747. The number of hydrogen-bond acceptors (Lipinski definition) is 4. The molecule has 1 aliphatic carbocycles. The Kier molecular flexibility index (Phi) is 5.51. The van der Waals surface area contributed by atoms with E-state index >= 15 is 0 Å². The first kappa shape index (κ1) is 18.7. The molecular formula is C20H30N4O2. The summed E-state index contributed by atoms with van der Waals surface area (Å²) in [6.07, 6.45) is 5.40. The minimum Gasteiger partial charge on any atom is -0.395 e. The molecule has 0 fully saturated rings. The van der Waals surface area contributed by atoms with Crippen molar-refractivity contribution < 1.29 is 9.90 Å². The van der Waals surface area contributed by atoms with E-state index in [1.54, 1.807) is 6.92 Å². The van der Waals surface area contributed by atoms with Crippen LogP contribution in [0.4, 0.5) is 5.95 Å². The van der Waals surface area contributed by atoms with Gasteiger partial charge in [-0.25, -0.2) is 4.98 Å².